The van der Waals surface area contributed by atoms with Crippen molar-refractivity contribution >= 4 is 17.3 Å². The van der Waals surface area contributed by atoms with Gasteiger partial charge in [-0.3, -0.25) is 14.9 Å². The first-order chi connectivity index (χ1) is 9.51. The summed E-state index contributed by atoms with van der Waals surface area (Å²) in [6, 6.07) is 4.05. The number of nitrogens with two attached hydrogens (primary N) is 1. The summed E-state index contributed by atoms with van der Waals surface area (Å²) in [6.45, 7) is 2.38. The number of carbonyl (C=O) groups is 1. The lowest BCUT2D eigenvalue weighted by Crippen LogP contribution is -2.22. The zero-order valence-corrected chi connectivity index (χ0v) is 11.6. The maximum atomic E-state index is 11.9. The van der Waals surface area contributed by atoms with Crippen LogP contribution in [0.25, 0.3) is 0 Å². The molecule has 110 valence electrons. The number of benzene rings is 1. The Balaban J connectivity index is 2.86. The number of nitro groups is 1. The Morgan fingerprint density at radius 3 is 2.75 bits per heavy atom. The van der Waals surface area contributed by atoms with Crippen LogP contribution in [0.2, 0.25) is 0 Å². The van der Waals surface area contributed by atoms with Crippen LogP contribution in [0.5, 0.6) is 5.75 Å². The zero-order chi connectivity index (χ0) is 15.1. The van der Waals surface area contributed by atoms with Gasteiger partial charge in [-0.25, -0.2) is 0 Å². The molecule has 0 aliphatic heterocycles. The van der Waals surface area contributed by atoms with Crippen molar-refractivity contribution < 1.29 is 14.5 Å². The van der Waals surface area contributed by atoms with Crippen molar-refractivity contribution in [1.29, 1.82) is 0 Å². The Kier molecular flexibility index (Phi) is 5.92. The molecule has 0 aromatic heterocycles. The summed E-state index contributed by atoms with van der Waals surface area (Å²) in [4.78, 5) is 22.1. The van der Waals surface area contributed by atoms with Gasteiger partial charge in [-0.15, -0.1) is 0 Å². The molecule has 7 nitrogen and oxygen atoms in total. The fourth-order valence-electron chi connectivity index (χ4n) is 1.76. The molecule has 3 N–H and O–H groups in total. The Labute approximate surface area is 117 Å². The first kappa shape index (κ1) is 15.9. The van der Waals surface area contributed by atoms with Crippen molar-refractivity contribution in [2.24, 2.45) is 11.7 Å². The summed E-state index contributed by atoms with van der Waals surface area (Å²) in [5.74, 6) is 0.241. The highest BCUT2D eigenvalue weighted by molar-refractivity contribution is 5.92. The number of ether oxygens (including phenoxy) is 1. The third kappa shape index (κ3) is 4.20. The number of carbonyl (C=O) groups excluding carboxylic acids is 1. The van der Waals surface area contributed by atoms with Gasteiger partial charge in [-0.05, 0) is 18.5 Å². The van der Waals surface area contributed by atoms with E-state index in [0.29, 0.717) is 18.0 Å². The second-order valence-corrected chi connectivity index (χ2v) is 4.40. The molecule has 1 rings (SSSR count). The normalized spacial score (nSPS) is 11.8. The number of nitrogens with one attached hydrogen (secondary N) is 1. The Hall–Kier alpha value is -2.15. The van der Waals surface area contributed by atoms with E-state index in [1.165, 1.54) is 25.3 Å². The quantitative estimate of drug-likeness (QED) is 0.586. The molecular formula is C13H19N3O4. The van der Waals surface area contributed by atoms with Crippen LogP contribution in [0.15, 0.2) is 18.2 Å². The van der Waals surface area contributed by atoms with Crippen LogP contribution >= 0.6 is 0 Å². The lowest BCUT2D eigenvalue weighted by Gasteiger charge is -2.13. The molecule has 1 atom stereocenters. The van der Waals surface area contributed by atoms with Gasteiger partial charge in [0.25, 0.3) is 5.69 Å². The fraction of sp³-hybridized carbons (Fsp3) is 0.462. The monoisotopic (exact) mass is 281 g/mol. The van der Waals surface area contributed by atoms with E-state index in [1.807, 2.05) is 6.92 Å². The number of anilines is 1. The number of rotatable bonds is 7. The Morgan fingerprint density at radius 2 is 2.25 bits per heavy atom. The second kappa shape index (κ2) is 7.44. The van der Waals surface area contributed by atoms with E-state index in [2.05, 4.69) is 5.32 Å². The van der Waals surface area contributed by atoms with E-state index in [9.17, 15) is 14.9 Å². The summed E-state index contributed by atoms with van der Waals surface area (Å²) >= 11 is 0. The van der Waals surface area contributed by atoms with Gasteiger partial charge in [0.15, 0.2) is 0 Å². The average Bonchev–Trinajstić information content (AvgIpc) is 2.44. The molecule has 1 aromatic carbocycles. The number of hydrogen-bond acceptors (Lipinski definition) is 5. The maximum absolute atomic E-state index is 11.9. The topological polar surface area (TPSA) is 107 Å². The van der Waals surface area contributed by atoms with Crippen molar-refractivity contribution in [2.45, 2.75) is 19.8 Å². The zero-order valence-electron chi connectivity index (χ0n) is 11.6. The standard InChI is InChI=1S/C13H19N3O4/c1-3-9(8-14)6-13(17)15-11-7-10(16(18)19)4-5-12(11)20-2/h4-5,7,9H,3,6,8,14H2,1-2H3,(H,15,17). The number of hydrogen-bond donors (Lipinski definition) is 2. The van der Waals surface area contributed by atoms with Crippen molar-refractivity contribution in [3.8, 4) is 5.75 Å². The number of nitrogens with zero attached hydrogens (tertiary/aromatic N) is 1. The molecule has 7 heteroatoms. The predicted molar refractivity (Wildman–Crippen MR) is 75.7 cm³/mol. The van der Waals surface area contributed by atoms with Crippen LogP contribution in [0, 0.1) is 16.0 Å². The van der Waals surface area contributed by atoms with Crippen LogP contribution in [0.3, 0.4) is 0 Å². The number of non-ortho nitro benzene ring substituents is 1. The van der Waals surface area contributed by atoms with Gasteiger partial charge in [0.05, 0.1) is 17.7 Å². The summed E-state index contributed by atoms with van der Waals surface area (Å²) in [5, 5.41) is 13.4. The minimum absolute atomic E-state index is 0.0969. The minimum atomic E-state index is -0.524. The van der Waals surface area contributed by atoms with Crippen LogP contribution in [-0.4, -0.2) is 24.5 Å². The highest BCUT2D eigenvalue weighted by atomic mass is 16.6. The summed E-state index contributed by atoms with van der Waals surface area (Å²) in [7, 11) is 1.44. The minimum Gasteiger partial charge on any atom is -0.495 e. The molecular weight excluding hydrogens is 262 g/mol. The molecule has 0 saturated carbocycles. The SMILES string of the molecule is CCC(CN)CC(=O)Nc1cc([N+](=O)[O-])ccc1OC. The molecule has 20 heavy (non-hydrogen) atoms. The molecule has 1 amide bonds. The van der Waals surface area contributed by atoms with Gasteiger partial charge in [-0.2, -0.15) is 0 Å². The van der Waals surface area contributed by atoms with Gasteiger partial charge in [0.1, 0.15) is 5.75 Å². The molecule has 1 aromatic rings. The van der Waals surface area contributed by atoms with Gasteiger partial charge in [-0.1, -0.05) is 13.3 Å². The lowest BCUT2D eigenvalue weighted by atomic mass is 10.0. The Morgan fingerprint density at radius 1 is 1.55 bits per heavy atom. The molecule has 0 fully saturated rings. The van der Waals surface area contributed by atoms with E-state index in [-0.39, 0.29) is 23.9 Å². The van der Waals surface area contributed by atoms with Crippen molar-refractivity contribution in [3.63, 3.8) is 0 Å². The highest BCUT2D eigenvalue weighted by Gasteiger charge is 2.15. The third-order valence-corrected chi connectivity index (χ3v) is 3.05. The maximum Gasteiger partial charge on any atom is 0.271 e. The molecule has 0 saturated heterocycles. The number of amides is 1. The molecule has 0 radical (unpaired) electrons. The van der Waals surface area contributed by atoms with Crippen molar-refractivity contribution in [3.05, 3.63) is 28.3 Å². The molecule has 0 heterocycles. The van der Waals surface area contributed by atoms with Crippen molar-refractivity contribution in [1.82, 2.24) is 0 Å². The third-order valence-electron chi connectivity index (χ3n) is 3.05. The molecule has 0 aliphatic carbocycles. The van der Waals surface area contributed by atoms with Gasteiger partial charge < -0.3 is 15.8 Å². The Bertz CT molecular complexity index is 487. The van der Waals surface area contributed by atoms with Crippen LogP contribution in [-0.2, 0) is 4.79 Å². The predicted octanol–water partition coefficient (Wildman–Crippen LogP) is 1.92. The fourth-order valence-corrected chi connectivity index (χ4v) is 1.76. The summed E-state index contributed by atoms with van der Waals surface area (Å²) in [6.07, 6.45) is 1.08. The van der Waals surface area contributed by atoms with Crippen LogP contribution in [0.4, 0.5) is 11.4 Å². The molecule has 1 unspecified atom stereocenters. The molecule has 0 spiro atoms. The lowest BCUT2D eigenvalue weighted by molar-refractivity contribution is -0.384. The number of nitro benzene ring substituents is 1. The average molecular weight is 281 g/mol. The van der Waals surface area contributed by atoms with Gasteiger partial charge in [0, 0.05) is 18.6 Å². The van der Waals surface area contributed by atoms with Crippen LogP contribution < -0.4 is 15.8 Å². The van der Waals surface area contributed by atoms with E-state index in [4.69, 9.17) is 10.5 Å². The van der Waals surface area contributed by atoms with E-state index >= 15 is 0 Å². The summed E-state index contributed by atoms with van der Waals surface area (Å²) in [5.41, 5.74) is 5.74. The summed E-state index contributed by atoms with van der Waals surface area (Å²) < 4.78 is 5.08. The second-order valence-electron chi connectivity index (χ2n) is 4.40. The first-order valence-electron chi connectivity index (χ1n) is 6.34. The highest BCUT2D eigenvalue weighted by Crippen LogP contribution is 2.29. The number of methoxy groups -OCH3 is 1. The smallest absolute Gasteiger partial charge is 0.271 e. The van der Waals surface area contributed by atoms with E-state index in [1.54, 1.807) is 0 Å². The van der Waals surface area contributed by atoms with Crippen molar-refractivity contribution in [2.75, 3.05) is 19.0 Å². The first-order valence-corrected chi connectivity index (χ1v) is 6.34. The largest absolute Gasteiger partial charge is 0.495 e. The van der Waals surface area contributed by atoms with Gasteiger partial charge in [0.2, 0.25) is 5.91 Å². The van der Waals surface area contributed by atoms with E-state index < -0.39 is 4.92 Å². The van der Waals surface area contributed by atoms with E-state index in [0.717, 1.165) is 6.42 Å². The molecule has 0 bridgehead atoms. The van der Waals surface area contributed by atoms with Crippen LogP contribution in [0.1, 0.15) is 19.8 Å². The van der Waals surface area contributed by atoms with Gasteiger partial charge >= 0.3 is 0 Å². The molecule has 0 aliphatic rings.